The molecule has 0 aromatic heterocycles. The molecule has 102 valence electrons. The Morgan fingerprint density at radius 1 is 1.37 bits per heavy atom. The number of piperazine rings is 1. The molecule has 1 saturated heterocycles. The molecule has 0 saturated carbocycles. The first-order valence-electron chi connectivity index (χ1n) is 6.23. The molecule has 0 spiro atoms. The van der Waals surface area contributed by atoms with Crippen LogP contribution in [0.2, 0.25) is 0 Å². The maximum Gasteiger partial charge on any atom is 0.240 e. The van der Waals surface area contributed by atoms with Gasteiger partial charge >= 0.3 is 0 Å². The summed E-state index contributed by atoms with van der Waals surface area (Å²) in [5.74, 6) is -0.553. The lowest BCUT2D eigenvalue weighted by Crippen LogP contribution is -2.62. The fourth-order valence-electron chi connectivity index (χ4n) is 2.12. The van der Waals surface area contributed by atoms with Crippen molar-refractivity contribution >= 4 is 11.7 Å². The SMILES string of the molecule is CC1(C)C(=O)NCCN1CC(=O)c1ccc(F)cc1. The molecule has 1 N–H and O–H groups in total. The Labute approximate surface area is 111 Å². The lowest BCUT2D eigenvalue weighted by molar-refractivity contribution is -0.134. The molecule has 1 aliphatic rings. The first-order chi connectivity index (χ1) is 8.91. The van der Waals surface area contributed by atoms with Crippen LogP contribution in [0.15, 0.2) is 24.3 Å². The Hall–Kier alpha value is -1.75. The van der Waals surface area contributed by atoms with Gasteiger partial charge in [-0.3, -0.25) is 14.5 Å². The molecule has 1 fully saturated rings. The molecule has 2 rings (SSSR count). The highest BCUT2D eigenvalue weighted by atomic mass is 19.1. The topological polar surface area (TPSA) is 49.4 Å². The van der Waals surface area contributed by atoms with E-state index < -0.39 is 5.54 Å². The zero-order valence-corrected chi connectivity index (χ0v) is 11.1. The van der Waals surface area contributed by atoms with Gasteiger partial charge in [-0.1, -0.05) is 0 Å². The molecule has 0 radical (unpaired) electrons. The van der Waals surface area contributed by atoms with Crippen molar-refractivity contribution in [3.63, 3.8) is 0 Å². The van der Waals surface area contributed by atoms with E-state index in [0.717, 1.165) is 0 Å². The van der Waals surface area contributed by atoms with E-state index in [9.17, 15) is 14.0 Å². The van der Waals surface area contributed by atoms with E-state index in [4.69, 9.17) is 0 Å². The second-order valence-corrected chi connectivity index (χ2v) is 5.17. The third kappa shape index (κ3) is 2.81. The summed E-state index contributed by atoms with van der Waals surface area (Å²) in [7, 11) is 0. The molecule has 1 aromatic rings. The number of nitrogens with zero attached hydrogens (tertiary/aromatic N) is 1. The minimum atomic E-state index is -0.700. The molecule has 0 atom stereocenters. The van der Waals surface area contributed by atoms with Gasteiger partial charge in [-0.15, -0.1) is 0 Å². The van der Waals surface area contributed by atoms with Crippen molar-refractivity contribution in [2.45, 2.75) is 19.4 Å². The molecule has 1 amide bonds. The van der Waals surface area contributed by atoms with Crippen molar-refractivity contribution in [3.05, 3.63) is 35.6 Å². The number of rotatable bonds is 3. The first kappa shape index (κ1) is 13.7. The van der Waals surface area contributed by atoms with Crippen LogP contribution in [0.3, 0.4) is 0 Å². The highest BCUT2D eigenvalue weighted by molar-refractivity contribution is 5.98. The number of carbonyl (C=O) groups excluding carboxylic acids is 2. The lowest BCUT2D eigenvalue weighted by atomic mass is 9.98. The van der Waals surface area contributed by atoms with Crippen LogP contribution in [0.4, 0.5) is 4.39 Å². The normalized spacial score (nSPS) is 19.0. The number of carbonyl (C=O) groups is 2. The summed E-state index contributed by atoms with van der Waals surface area (Å²) >= 11 is 0. The summed E-state index contributed by atoms with van der Waals surface area (Å²) in [5.41, 5.74) is -0.239. The van der Waals surface area contributed by atoms with Crippen molar-refractivity contribution in [2.75, 3.05) is 19.6 Å². The van der Waals surface area contributed by atoms with Crippen LogP contribution in [-0.4, -0.2) is 41.8 Å². The fourth-order valence-corrected chi connectivity index (χ4v) is 2.12. The van der Waals surface area contributed by atoms with E-state index in [2.05, 4.69) is 5.32 Å². The summed E-state index contributed by atoms with van der Waals surface area (Å²) in [6.45, 7) is 4.91. The van der Waals surface area contributed by atoms with Crippen LogP contribution in [0.5, 0.6) is 0 Å². The quantitative estimate of drug-likeness (QED) is 0.835. The summed E-state index contributed by atoms with van der Waals surface area (Å²) < 4.78 is 12.8. The monoisotopic (exact) mass is 264 g/mol. The number of Topliss-reactive ketones (excluding diaryl/α,β-unsaturated/α-hetero) is 1. The number of ketones is 1. The van der Waals surface area contributed by atoms with Crippen LogP contribution in [0.25, 0.3) is 0 Å². The molecule has 5 heteroatoms. The van der Waals surface area contributed by atoms with Gasteiger partial charge in [0.1, 0.15) is 5.82 Å². The number of hydrogen-bond donors (Lipinski definition) is 1. The van der Waals surface area contributed by atoms with Gasteiger partial charge in [0.15, 0.2) is 5.78 Å². The lowest BCUT2D eigenvalue weighted by Gasteiger charge is -2.40. The van der Waals surface area contributed by atoms with Crippen LogP contribution < -0.4 is 5.32 Å². The summed E-state index contributed by atoms with van der Waals surface area (Å²) in [6.07, 6.45) is 0. The van der Waals surface area contributed by atoms with Gasteiger partial charge in [-0.2, -0.15) is 0 Å². The van der Waals surface area contributed by atoms with Gasteiger partial charge in [0.05, 0.1) is 12.1 Å². The molecule has 4 nitrogen and oxygen atoms in total. The molecular formula is C14H17FN2O2. The predicted octanol–water partition coefficient (Wildman–Crippen LogP) is 1.22. The van der Waals surface area contributed by atoms with Crippen molar-refractivity contribution in [1.82, 2.24) is 10.2 Å². The van der Waals surface area contributed by atoms with Crippen LogP contribution >= 0.6 is 0 Å². The highest BCUT2D eigenvalue weighted by Crippen LogP contribution is 2.18. The summed E-state index contributed by atoms with van der Waals surface area (Å²) in [6, 6.07) is 5.46. The highest BCUT2D eigenvalue weighted by Gasteiger charge is 2.38. The molecule has 1 aromatic carbocycles. The van der Waals surface area contributed by atoms with Crippen molar-refractivity contribution in [3.8, 4) is 0 Å². The standard InChI is InChI=1S/C14H17FN2O2/c1-14(2)13(19)16-7-8-17(14)9-12(18)10-3-5-11(15)6-4-10/h3-6H,7-9H2,1-2H3,(H,16,19). The van der Waals surface area contributed by atoms with Gasteiger partial charge in [0, 0.05) is 18.7 Å². The minimum absolute atomic E-state index is 0.0781. The molecule has 0 aliphatic carbocycles. The molecule has 0 bridgehead atoms. The van der Waals surface area contributed by atoms with Gasteiger partial charge in [-0.25, -0.2) is 4.39 Å². The average Bonchev–Trinajstić information content (AvgIpc) is 2.36. The molecule has 19 heavy (non-hydrogen) atoms. The second-order valence-electron chi connectivity index (χ2n) is 5.17. The predicted molar refractivity (Wildman–Crippen MR) is 69.4 cm³/mol. The Balaban J connectivity index is 2.10. The molecule has 0 unspecified atom stereocenters. The maximum absolute atomic E-state index is 12.8. The van der Waals surface area contributed by atoms with Crippen molar-refractivity contribution < 1.29 is 14.0 Å². The Morgan fingerprint density at radius 2 is 2.00 bits per heavy atom. The van der Waals surface area contributed by atoms with E-state index in [-0.39, 0.29) is 24.1 Å². The Kier molecular flexibility index (Phi) is 3.66. The van der Waals surface area contributed by atoms with Gasteiger partial charge in [-0.05, 0) is 38.1 Å². The van der Waals surface area contributed by atoms with E-state index in [1.54, 1.807) is 13.8 Å². The number of amides is 1. The smallest absolute Gasteiger partial charge is 0.240 e. The van der Waals surface area contributed by atoms with E-state index in [1.165, 1.54) is 24.3 Å². The average molecular weight is 264 g/mol. The Bertz CT molecular complexity index is 497. The first-order valence-corrected chi connectivity index (χ1v) is 6.23. The third-order valence-corrected chi connectivity index (χ3v) is 3.51. The summed E-state index contributed by atoms with van der Waals surface area (Å²) in [5, 5.41) is 2.78. The van der Waals surface area contributed by atoms with Gasteiger partial charge in [0.25, 0.3) is 0 Å². The number of benzene rings is 1. The molecule has 1 heterocycles. The summed E-state index contributed by atoms with van der Waals surface area (Å²) in [4.78, 5) is 25.7. The number of halogens is 1. The van der Waals surface area contributed by atoms with E-state index >= 15 is 0 Å². The van der Waals surface area contributed by atoms with Crippen LogP contribution in [-0.2, 0) is 4.79 Å². The second kappa shape index (κ2) is 5.09. The van der Waals surface area contributed by atoms with Gasteiger partial charge < -0.3 is 5.32 Å². The number of hydrogen-bond acceptors (Lipinski definition) is 3. The largest absolute Gasteiger partial charge is 0.353 e. The minimum Gasteiger partial charge on any atom is -0.353 e. The van der Waals surface area contributed by atoms with Crippen molar-refractivity contribution in [1.29, 1.82) is 0 Å². The van der Waals surface area contributed by atoms with Crippen LogP contribution in [0, 0.1) is 5.82 Å². The Morgan fingerprint density at radius 3 is 2.63 bits per heavy atom. The molecular weight excluding hydrogens is 247 g/mol. The maximum atomic E-state index is 12.8. The molecule has 1 aliphatic heterocycles. The van der Waals surface area contributed by atoms with Crippen molar-refractivity contribution in [2.24, 2.45) is 0 Å². The van der Waals surface area contributed by atoms with E-state index in [0.29, 0.717) is 18.7 Å². The zero-order chi connectivity index (χ0) is 14.0. The fraction of sp³-hybridized carbons (Fsp3) is 0.429. The van der Waals surface area contributed by atoms with E-state index in [1.807, 2.05) is 4.90 Å². The zero-order valence-electron chi connectivity index (χ0n) is 11.1. The van der Waals surface area contributed by atoms with Crippen LogP contribution in [0.1, 0.15) is 24.2 Å². The third-order valence-electron chi connectivity index (χ3n) is 3.51. The number of nitrogens with one attached hydrogen (secondary N) is 1. The van der Waals surface area contributed by atoms with Gasteiger partial charge in [0.2, 0.25) is 5.91 Å².